The molecule has 0 aliphatic carbocycles. The van der Waals surface area contributed by atoms with E-state index in [0.717, 1.165) is 25.1 Å². The second kappa shape index (κ2) is 7.43. The topological polar surface area (TPSA) is 83.6 Å². The van der Waals surface area contributed by atoms with Crippen molar-refractivity contribution in [2.75, 3.05) is 25.0 Å². The fourth-order valence-electron chi connectivity index (χ4n) is 3.08. The van der Waals surface area contributed by atoms with E-state index in [9.17, 15) is 9.59 Å². The van der Waals surface area contributed by atoms with Gasteiger partial charge in [-0.1, -0.05) is 0 Å². The highest BCUT2D eigenvalue weighted by molar-refractivity contribution is 7.18. The number of anilines is 1. The molecule has 0 aromatic carbocycles. The van der Waals surface area contributed by atoms with Crippen LogP contribution < -0.4 is 15.4 Å². The zero-order chi connectivity index (χ0) is 17.9. The molecule has 2 amide bonds. The van der Waals surface area contributed by atoms with E-state index < -0.39 is 0 Å². The van der Waals surface area contributed by atoms with Gasteiger partial charge in [0, 0.05) is 12.4 Å². The van der Waals surface area contributed by atoms with Gasteiger partial charge in [-0.3, -0.25) is 14.6 Å². The lowest BCUT2D eigenvalue weighted by Gasteiger charge is -2.38. The minimum Gasteiger partial charge on any atom is -0.487 e. The predicted octanol–water partition coefficient (Wildman–Crippen LogP) is 1.74. The molecule has 4 heterocycles. The lowest BCUT2D eigenvalue weighted by atomic mass is 10.1. The molecule has 0 bridgehead atoms. The monoisotopic (exact) mass is 372 g/mol. The van der Waals surface area contributed by atoms with E-state index in [1.165, 1.54) is 11.3 Å². The third-order valence-electron chi connectivity index (χ3n) is 4.53. The first-order chi connectivity index (χ1) is 12.7. The van der Waals surface area contributed by atoms with Crippen molar-refractivity contribution in [3.63, 3.8) is 0 Å². The number of nitrogens with one attached hydrogen (secondary N) is 2. The van der Waals surface area contributed by atoms with Crippen LogP contribution in [0.5, 0.6) is 5.75 Å². The highest BCUT2D eigenvalue weighted by Crippen LogP contribution is 2.26. The highest BCUT2D eigenvalue weighted by Gasteiger charge is 2.33. The Bertz CT molecular complexity index is 783. The molecule has 7 nitrogen and oxygen atoms in total. The zero-order valence-electron chi connectivity index (χ0n) is 14.2. The molecule has 2 saturated heterocycles. The number of likely N-dealkylation sites (tertiary alicyclic amines) is 1. The number of carbonyl (C=O) groups is 2. The fraction of sp³-hybridized carbons (Fsp3) is 0.389. The molecule has 1 unspecified atom stereocenters. The third kappa shape index (κ3) is 3.71. The van der Waals surface area contributed by atoms with Gasteiger partial charge in [-0.25, -0.2) is 0 Å². The van der Waals surface area contributed by atoms with E-state index in [-0.39, 0.29) is 24.0 Å². The van der Waals surface area contributed by atoms with Crippen molar-refractivity contribution in [1.82, 2.24) is 15.2 Å². The molecule has 0 saturated carbocycles. The average Bonchev–Trinajstić information content (AvgIpc) is 3.30. The fourth-order valence-corrected chi connectivity index (χ4v) is 3.96. The number of nitrogens with zero attached hydrogens (tertiary/aromatic N) is 2. The van der Waals surface area contributed by atoms with E-state index in [4.69, 9.17) is 4.74 Å². The summed E-state index contributed by atoms with van der Waals surface area (Å²) in [6.07, 6.45) is 5.24. The van der Waals surface area contributed by atoms with Crippen LogP contribution in [0.15, 0.2) is 36.7 Å². The Morgan fingerprint density at radius 2 is 2.04 bits per heavy atom. The number of hydrogen-bond acceptors (Lipinski definition) is 6. The van der Waals surface area contributed by atoms with Crippen LogP contribution in [0.4, 0.5) is 5.00 Å². The largest absolute Gasteiger partial charge is 0.487 e. The smallest absolute Gasteiger partial charge is 0.264 e. The van der Waals surface area contributed by atoms with Crippen molar-refractivity contribution in [3.8, 4) is 5.75 Å². The van der Waals surface area contributed by atoms with Crippen LogP contribution in [0.25, 0.3) is 0 Å². The number of amides is 2. The molecular weight excluding hydrogens is 352 g/mol. The van der Waals surface area contributed by atoms with Crippen molar-refractivity contribution in [2.24, 2.45) is 0 Å². The lowest BCUT2D eigenvalue weighted by Crippen LogP contribution is -2.56. The number of thiophene rings is 1. The number of carbonyl (C=O) groups excluding carboxylic acids is 2. The lowest BCUT2D eigenvalue weighted by molar-refractivity contribution is -0.117. The molecule has 0 spiro atoms. The minimum atomic E-state index is -0.127. The van der Waals surface area contributed by atoms with Gasteiger partial charge in [-0.15, -0.1) is 11.3 Å². The van der Waals surface area contributed by atoms with Crippen LogP contribution in [-0.4, -0.2) is 53.5 Å². The molecule has 2 aliphatic heterocycles. The highest BCUT2D eigenvalue weighted by atomic mass is 32.1. The first kappa shape index (κ1) is 17.0. The molecule has 8 heteroatoms. The van der Waals surface area contributed by atoms with Gasteiger partial charge < -0.3 is 20.3 Å². The maximum atomic E-state index is 12.5. The van der Waals surface area contributed by atoms with Gasteiger partial charge in [0.05, 0.1) is 29.0 Å². The second-order valence-electron chi connectivity index (χ2n) is 6.43. The van der Waals surface area contributed by atoms with Gasteiger partial charge in [0.1, 0.15) is 11.9 Å². The molecule has 2 fully saturated rings. The Balaban J connectivity index is 1.28. The summed E-state index contributed by atoms with van der Waals surface area (Å²) < 4.78 is 5.79. The maximum Gasteiger partial charge on any atom is 0.264 e. The first-order valence-corrected chi connectivity index (χ1v) is 9.51. The molecule has 26 heavy (non-hydrogen) atoms. The average molecular weight is 372 g/mol. The van der Waals surface area contributed by atoms with Crippen LogP contribution in [0.3, 0.4) is 0 Å². The quantitative estimate of drug-likeness (QED) is 0.835. The summed E-state index contributed by atoms with van der Waals surface area (Å²) in [5.74, 6) is 0.709. The van der Waals surface area contributed by atoms with Crippen molar-refractivity contribution >= 4 is 28.2 Å². The molecule has 2 aliphatic rings. The van der Waals surface area contributed by atoms with Crippen LogP contribution in [0.2, 0.25) is 0 Å². The summed E-state index contributed by atoms with van der Waals surface area (Å²) in [4.78, 5) is 31.0. The Kier molecular flexibility index (Phi) is 4.85. The molecule has 2 aromatic rings. The standard InChI is InChI=1S/C18H20N4O3S/c23-17(14-2-1-7-20-14)21-16-4-3-15(26-16)18(24)22-10-13(11-22)25-12-5-8-19-9-6-12/h3-6,8-9,13-14,20H,1-2,7,10-11H2,(H,21,23). The normalized spacial score (nSPS) is 19.8. The SMILES string of the molecule is O=C(Nc1ccc(C(=O)N2CC(Oc3ccncc3)C2)s1)C1CCCN1. The summed E-state index contributed by atoms with van der Waals surface area (Å²) in [6.45, 7) is 2.00. The van der Waals surface area contributed by atoms with Gasteiger partial charge in [0.2, 0.25) is 5.91 Å². The predicted molar refractivity (Wildman–Crippen MR) is 98.5 cm³/mol. The van der Waals surface area contributed by atoms with E-state index in [1.807, 2.05) is 0 Å². The summed E-state index contributed by atoms with van der Waals surface area (Å²) in [7, 11) is 0. The summed E-state index contributed by atoms with van der Waals surface area (Å²) in [6, 6.07) is 7.03. The van der Waals surface area contributed by atoms with Gasteiger partial charge >= 0.3 is 0 Å². The van der Waals surface area contributed by atoms with Gasteiger partial charge in [0.25, 0.3) is 5.91 Å². The van der Waals surface area contributed by atoms with Gasteiger partial charge in [-0.05, 0) is 43.7 Å². The number of rotatable bonds is 5. The number of pyridine rings is 1. The summed E-state index contributed by atoms with van der Waals surface area (Å²) >= 11 is 1.31. The molecule has 4 rings (SSSR count). The Labute approximate surface area is 155 Å². The first-order valence-electron chi connectivity index (χ1n) is 8.69. The zero-order valence-corrected chi connectivity index (χ0v) is 15.0. The van der Waals surface area contributed by atoms with Crippen LogP contribution in [0.1, 0.15) is 22.5 Å². The van der Waals surface area contributed by atoms with E-state index in [0.29, 0.717) is 23.0 Å². The summed E-state index contributed by atoms with van der Waals surface area (Å²) in [5.41, 5.74) is 0. The molecule has 0 radical (unpaired) electrons. The number of hydrogen-bond donors (Lipinski definition) is 2. The van der Waals surface area contributed by atoms with Crippen molar-refractivity contribution < 1.29 is 14.3 Å². The molecule has 2 N–H and O–H groups in total. The van der Waals surface area contributed by atoms with E-state index >= 15 is 0 Å². The number of aromatic nitrogens is 1. The minimum absolute atomic E-state index is 0.00827. The van der Waals surface area contributed by atoms with E-state index in [2.05, 4.69) is 15.6 Å². The summed E-state index contributed by atoms with van der Waals surface area (Å²) in [5, 5.41) is 6.76. The Morgan fingerprint density at radius 1 is 1.23 bits per heavy atom. The molecule has 2 aromatic heterocycles. The van der Waals surface area contributed by atoms with Crippen molar-refractivity contribution in [1.29, 1.82) is 0 Å². The molecule has 1 atom stereocenters. The Hall–Kier alpha value is -2.45. The Morgan fingerprint density at radius 3 is 2.77 bits per heavy atom. The second-order valence-corrected chi connectivity index (χ2v) is 7.52. The van der Waals surface area contributed by atoms with Gasteiger partial charge in [0.15, 0.2) is 0 Å². The van der Waals surface area contributed by atoms with E-state index in [1.54, 1.807) is 41.6 Å². The van der Waals surface area contributed by atoms with Gasteiger partial charge in [-0.2, -0.15) is 0 Å². The maximum absolute atomic E-state index is 12.5. The van der Waals surface area contributed by atoms with Crippen molar-refractivity contribution in [2.45, 2.75) is 25.0 Å². The van der Waals surface area contributed by atoms with Crippen molar-refractivity contribution in [3.05, 3.63) is 41.5 Å². The molecular formula is C18H20N4O3S. The molecule has 136 valence electrons. The van der Waals surface area contributed by atoms with Crippen LogP contribution >= 0.6 is 11.3 Å². The van der Waals surface area contributed by atoms with Crippen LogP contribution in [-0.2, 0) is 4.79 Å². The van der Waals surface area contributed by atoms with Crippen LogP contribution in [0, 0.1) is 0 Å². The number of ether oxygens (including phenoxy) is 1. The third-order valence-corrected chi connectivity index (χ3v) is 5.52.